The summed E-state index contributed by atoms with van der Waals surface area (Å²) in [5.74, 6) is -2.12. The molecule has 0 amide bonds. The van der Waals surface area contributed by atoms with E-state index in [1.807, 2.05) is 6.92 Å². The molecule has 0 saturated carbocycles. The minimum atomic E-state index is -4.26. The molecule has 136 valence electrons. The molecule has 24 heavy (non-hydrogen) atoms. The Morgan fingerprint density at radius 2 is 2.08 bits per heavy atom. The van der Waals surface area contributed by atoms with Crippen molar-refractivity contribution in [2.24, 2.45) is 0 Å². The number of rotatable bonds is 11. The predicted molar refractivity (Wildman–Crippen MR) is 85.0 cm³/mol. The molecule has 1 atom stereocenters. The second-order valence-electron chi connectivity index (χ2n) is 5.09. The number of ether oxygens (including phenoxy) is 2. The van der Waals surface area contributed by atoms with Gasteiger partial charge < -0.3 is 14.6 Å². The lowest BCUT2D eigenvalue weighted by Crippen LogP contribution is -2.40. The molecule has 0 heterocycles. The molecule has 0 saturated heterocycles. The number of methoxy groups -OCH3 is 1. The molecule has 1 rings (SSSR count). The van der Waals surface area contributed by atoms with Crippen LogP contribution >= 0.6 is 0 Å². The van der Waals surface area contributed by atoms with Crippen molar-refractivity contribution in [3.8, 4) is 5.75 Å². The Morgan fingerprint density at radius 3 is 2.67 bits per heavy atom. The highest BCUT2D eigenvalue weighted by Gasteiger charge is 2.27. The zero-order chi connectivity index (χ0) is 18.2. The molecule has 2 N–H and O–H groups in total. The molecule has 0 aromatic heterocycles. The van der Waals surface area contributed by atoms with Gasteiger partial charge in [-0.05, 0) is 24.6 Å². The van der Waals surface area contributed by atoms with E-state index in [-0.39, 0.29) is 25.4 Å². The van der Waals surface area contributed by atoms with Crippen molar-refractivity contribution in [1.29, 1.82) is 0 Å². The highest BCUT2D eigenvalue weighted by Crippen LogP contribution is 2.25. The monoisotopic (exact) mass is 363 g/mol. The molecular weight excluding hydrogens is 341 g/mol. The number of benzene rings is 1. The zero-order valence-corrected chi connectivity index (χ0v) is 14.4. The quantitative estimate of drug-likeness (QED) is 0.581. The summed E-state index contributed by atoms with van der Waals surface area (Å²) in [6.07, 6.45) is 1.40. The van der Waals surface area contributed by atoms with E-state index in [0.29, 0.717) is 6.42 Å². The van der Waals surface area contributed by atoms with E-state index in [1.165, 1.54) is 13.2 Å². The Bertz CT molecular complexity index is 649. The molecule has 0 spiro atoms. The second-order valence-corrected chi connectivity index (χ2v) is 6.77. The van der Waals surface area contributed by atoms with Crippen LogP contribution < -0.4 is 9.46 Å². The summed E-state index contributed by atoms with van der Waals surface area (Å²) in [4.78, 5) is 10.8. The van der Waals surface area contributed by atoms with Crippen molar-refractivity contribution >= 4 is 16.0 Å². The molecule has 0 aliphatic rings. The largest absolute Gasteiger partial charge is 0.490 e. The van der Waals surface area contributed by atoms with Gasteiger partial charge in [0.25, 0.3) is 0 Å². The second kappa shape index (κ2) is 9.55. The number of carbonyl (C=O) groups is 1. The number of hydrogen-bond acceptors (Lipinski definition) is 5. The number of carboxylic acids is 1. The topological polar surface area (TPSA) is 102 Å². The first-order chi connectivity index (χ1) is 11.3. The first-order valence-electron chi connectivity index (χ1n) is 7.48. The number of aliphatic carboxylic acids is 1. The smallest absolute Gasteiger partial charge is 0.321 e. The fourth-order valence-electron chi connectivity index (χ4n) is 1.94. The number of halogens is 1. The van der Waals surface area contributed by atoms with Crippen LogP contribution in [0.25, 0.3) is 0 Å². The van der Waals surface area contributed by atoms with Crippen LogP contribution in [0.15, 0.2) is 23.1 Å². The molecule has 1 aromatic rings. The maximum Gasteiger partial charge on any atom is 0.321 e. The van der Waals surface area contributed by atoms with Crippen LogP contribution in [-0.4, -0.2) is 45.9 Å². The minimum Gasteiger partial charge on any atom is -0.490 e. The summed E-state index contributed by atoms with van der Waals surface area (Å²) in [6, 6.07) is 1.75. The lowest BCUT2D eigenvalue weighted by molar-refractivity contribution is -0.139. The average molecular weight is 363 g/mol. The standard InChI is InChI=1S/C15H22FNO6S/c1-3-4-5-12(15(18)19)17-24(20,21)14-10-11(16)6-7-13(14)23-9-8-22-2/h6-7,10,12,17H,3-5,8-9H2,1-2H3,(H,18,19). The van der Waals surface area contributed by atoms with Gasteiger partial charge in [-0.2, -0.15) is 4.72 Å². The first kappa shape index (κ1) is 20.3. The van der Waals surface area contributed by atoms with Crippen LogP contribution in [-0.2, 0) is 19.6 Å². The number of unbranched alkanes of at least 4 members (excludes halogenated alkanes) is 1. The van der Waals surface area contributed by atoms with Gasteiger partial charge in [-0.15, -0.1) is 0 Å². The van der Waals surface area contributed by atoms with Gasteiger partial charge in [0.05, 0.1) is 6.61 Å². The number of sulfonamides is 1. The predicted octanol–water partition coefficient (Wildman–Crippen LogP) is 1.77. The normalized spacial score (nSPS) is 12.8. The van der Waals surface area contributed by atoms with E-state index in [0.717, 1.165) is 18.6 Å². The third-order valence-corrected chi connectivity index (χ3v) is 4.68. The van der Waals surface area contributed by atoms with Crippen LogP contribution in [0.1, 0.15) is 26.2 Å². The molecule has 7 nitrogen and oxygen atoms in total. The first-order valence-corrected chi connectivity index (χ1v) is 8.96. The van der Waals surface area contributed by atoms with Crippen molar-refractivity contribution in [1.82, 2.24) is 4.72 Å². The van der Waals surface area contributed by atoms with E-state index < -0.39 is 32.7 Å². The maximum absolute atomic E-state index is 13.5. The van der Waals surface area contributed by atoms with Gasteiger partial charge in [0.15, 0.2) is 0 Å². The van der Waals surface area contributed by atoms with E-state index in [1.54, 1.807) is 0 Å². The highest BCUT2D eigenvalue weighted by molar-refractivity contribution is 7.89. The molecule has 0 bridgehead atoms. The van der Waals surface area contributed by atoms with E-state index in [2.05, 4.69) is 4.72 Å². The van der Waals surface area contributed by atoms with Gasteiger partial charge in [0.1, 0.15) is 29.1 Å². The number of hydrogen-bond donors (Lipinski definition) is 2. The van der Waals surface area contributed by atoms with Gasteiger partial charge in [0, 0.05) is 7.11 Å². The van der Waals surface area contributed by atoms with Crippen molar-refractivity contribution in [2.45, 2.75) is 37.1 Å². The summed E-state index contributed by atoms with van der Waals surface area (Å²) >= 11 is 0. The van der Waals surface area contributed by atoms with Gasteiger partial charge >= 0.3 is 5.97 Å². The zero-order valence-electron chi connectivity index (χ0n) is 13.6. The van der Waals surface area contributed by atoms with Gasteiger partial charge in [0.2, 0.25) is 10.0 Å². The average Bonchev–Trinajstić information content (AvgIpc) is 2.52. The fourth-order valence-corrected chi connectivity index (χ4v) is 3.32. The third-order valence-electron chi connectivity index (χ3n) is 3.18. The van der Waals surface area contributed by atoms with Crippen LogP contribution in [0.3, 0.4) is 0 Å². The van der Waals surface area contributed by atoms with E-state index >= 15 is 0 Å². The maximum atomic E-state index is 13.5. The van der Waals surface area contributed by atoms with Crippen LogP contribution in [0.5, 0.6) is 5.75 Å². The molecule has 0 aliphatic heterocycles. The third kappa shape index (κ3) is 6.06. The van der Waals surface area contributed by atoms with E-state index in [4.69, 9.17) is 14.6 Å². The van der Waals surface area contributed by atoms with Crippen molar-refractivity contribution < 1.29 is 32.2 Å². The molecular formula is C15H22FNO6S. The summed E-state index contributed by atoms with van der Waals surface area (Å²) < 4.78 is 50.6. The number of carboxylic acid groups (broad SMARTS) is 1. The Kier molecular flexibility index (Phi) is 8.09. The SMILES string of the molecule is CCCCC(NS(=O)(=O)c1cc(F)ccc1OCCOC)C(=O)O. The van der Waals surface area contributed by atoms with Crippen molar-refractivity contribution in [2.75, 3.05) is 20.3 Å². The summed E-state index contributed by atoms with van der Waals surface area (Å²) in [6.45, 7) is 2.16. The van der Waals surface area contributed by atoms with Crippen molar-refractivity contribution in [3.05, 3.63) is 24.0 Å². The Labute approximate surface area is 140 Å². The van der Waals surface area contributed by atoms with Gasteiger partial charge in [-0.3, -0.25) is 4.79 Å². The Morgan fingerprint density at radius 1 is 1.38 bits per heavy atom. The summed E-state index contributed by atoms with van der Waals surface area (Å²) in [7, 11) is -2.81. The Balaban J connectivity index is 3.06. The van der Waals surface area contributed by atoms with Crippen LogP contribution in [0.4, 0.5) is 4.39 Å². The van der Waals surface area contributed by atoms with E-state index in [9.17, 15) is 17.6 Å². The highest BCUT2D eigenvalue weighted by atomic mass is 32.2. The van der Waals surface area contributed by atoms with Gasteiger partial charge in [-0.1, -0.05) is 19.8 Å². The van der Waals surface area contributed by atoms with Crippen LogP contribution in [0, 0.1) is 5.82 Å². The molecule has 9 heteroatoms. The molecule has 0 radical (unpaired) electrons. The summed E-state index contributed by atoms with van der Waals surface area (Å²) in [5.41, 5.74) is 0. The summed E-state index contributed by atoms with van der Waals surface area (Å²) in [5, 5.41) is 9.16. The minimum absolute atomic E-state index is 0.0689. The lowest BCUT2D eigenvalue weighted by atomic mass is 10.1. The van der Waals surface area contributed by atoms with Crippen molar-refractivity contribution in [3.63, 3.8) is 0 Å². The number of nitrogens with one attached hydrogen (secondary N) is 1. The fraction of sp³-hybridized carbons (Fsp3) is 0.533. The Hall–Kier alpha value is -1.71. The molecule has 0 aliphatic carbocycles. The van der Waals surface area contributed by atoms with Crippen LogP contribution in [0.2, 0.25) is 0 Å². The molecule has 1 aromatic carbocycles. The molecule has 0 fully saturated rings. The lowest BCUT2D eigenvalue weighted by Gasteiger charge is -2.17. The molecule has 1 unspecified atom stereocenters. The van der Waals surface area contributed by atoms with Gasteiger partial charge in [-0.25, -0.2) is 12.8 Å².